The Morgan fingerprint density at radius 1 is 1.16 bits per heavy atom. The van der Waals surface area contributed by atoms with Crippen molar-refractivity contribution in [1.29, 1.82) is 0 Å². The van der Waals surface area contributed by atoms with Crippen LogP contribution in [0.5, 0.6) is 5.75 Å². The molecule has 0 aliphatic carbocycles. The van der Waals surface area contributed by atoms with E-state index in [9.17, 15) is 4.79 Å². The Kier molecular flexibility index (Phi) is 3.76. The van der Waals surface area contributed by atoms with Crippen LogP contribution in [0.3, 0.4) is 0 Å². The fraction of sp³-hybridized carbons (Fsp3) is 0.133. The molecule has 3 nitrogen and oxygen atoms in total. The average Bonchev–Trinajstić information content (AvgIpc) is 2.36. The molecule has 0 amide bonds. The summed E-state index contributed by atoms with van der Waals surface area (Å²) in [5, 5.41) is 9.69. The summed E-state index contributed by atoms with van der Waals surface area (Å²) >= 11 is 6.03. The van der Waals surface area contributed by atoms with Gasteiger partial charge in [0.2, 0.25) is 0 Å². The second kappa shape index (κ2) is 5.33. The Morgan fingerprint density at radius 2 is 1.89 bits per heavy atom. The van der Waals surface area contributed by atoms with Gasteiger partial charge in [0.05, 0.1) is 7.11 Å². The van der Waals surface area contributed by atoms with Crippen molar-refractivity contribution in [3.05, 3.63) is 52.5 Å². The normalized spacial score (nSPS) is 10.3. The van der Waals surface area contributed by atoms with Crippen LogP contribution in [-0.2, 0) is 0 Å². The fourth-order valence-electron chi connectivity index (χ4n) is 1.95. The fourth-order valence-corrected chi connectivity index (χ4v) is 2.24. The monoisotopic (exact) mass is 276 g/mol. The number of methoxy groups -OCH3 is 1. The van der Waals surface area contributed by atoms with E-state index in [1.807, 2.05) is 25.1 Å². The van der Waals surface area contributed by atoms with Crippen LogP contribution in [0.25, 0.3) is 11.1 Å². The van der Waals surface area contributed by atoms with Gasteiger partial charge in [-0.3, -0.25) is 0 Å². The van der Waals surface area contributed by atoms with E-state index in [-0.39, 0.29) is 5.56 Å². The van der Waals surface area contributed by atoms with Crippen LogP contribution in [0, 0.1) is 6.92 Å². The van der Waals surface area contributed by atoms with Crippen LogP contribution in [-0.4, -0.2) is 18.2 Å². The standard InChI is InChI=1S/C15H13ClO3/c1-9-5-11(7-12(16)6-9)10-3-4-13(15(17)18)14(8-10)19-2/h3-8H,1-2H3,(H,17,18). The third-order valence-corrected chi connectivity index (χ3v) is 3.03. The molecule has 0 atom stereocenters. The molecule has 4 heteroatoms. The highest BCUT2D eigenvalue weighted by molar-refractivity contribution is 6.31. The lowest BCUT2D eigenvalue weighted by atomic mass is 10.0. The second-order valence-electron chi connectivity index (χ2n) is 4.24. The van der Waals surface area contributed by atoms with E-state index in [0.29, 0.717) is 10.8 Å². The number of aromatic carboxylic acids is 1. The van der Waals surface area contributed by atoms with E-state index in [0.717, 1.165) is 16.7 Å². The molecule has 0 aliphatic heterocycles. The van der Waals surface area contributed by atoms with E-state index in [4.69, 9.17) is 21.4 Å². The first-order valence-corrected chi connectivity index (χ1v) is 6.08. The summed E-state index contributed by atoms with van der Waals surface area (Å²) in [6.45, 7) is 1.96. The van der Waals surface area contributed by atoms with E-state index in [1.165, 1.54) is 13.2 Å². The third-order valence-electron chi connectivity index (χ3n) is 2.81. The van der Waals surface area contributed by atoms with Crippen molar-refractivity contribution in [2.24, 2.45) is 0 Å². The first-order valence-electron chi connectivity index (χ1n) is 5.70. The molecule has 0 aromatic heterocycles. The summed E-state index contributed by atoms with van der Waals surface area (Å²) in [4.78, 5) is 11.0. The molecule has 0 bridgehead atoms. The number of halogens is 1. The number of carboxylic acid groups (broad SMARTS) is 1. The number of ether oxygens (including phenoxy) is 1. The van der Waals surface area contributed by atoms with Crippen molar-refractivity contribution >= 4 is 17.6 Å². The minimum absolute atomic E-state index is 0.144. The summed E-state index contributed by atoms with van der Waals surface area (Å²) in [5.41, 5.74) is 2.99. The number of hydrogen-bond acceptors (Lipinski definition) is 2. The highest BCUT2D eigenvalue weighted by Crippen LogP contribution is 2.29. The van der Waals surface area contributed by atoms with Crippen molar-refractivity contribution in [3.63, 3.8) is 0 Å². The zero-order valence-corrected chi connectivity index (χ0v) is 11.4. The molecule has 0 aliphatic rings. The van der Waals surface area contributed by atoms with Crippen LogP contribution >= 0.6 is 11.6 Å². The van der Waals surface area contributed by atoms with Crippen LogP contribution in [0.15, 0.2) is 36.4 Å². The van der Waals surface area contributed by atoms with Gasteiger partial charge in [-0.25, -0.2) is 4.79 Å². The summed E-state index contributed by atoms with van der Waals surface area (Å²) in [7, 11) is 1.45. The number of hydrogen-bond donors (Lipinski definition) is 1. The molecule has 0 spiro atoms. The Balaban J connectivity index is 2.54. The summed E-state index contributed by atoms with van der Waals surface area (Å²) in [6, 6.07) is 10.7. The minimum Gasteiger partial charge on any atom is -0.496 e. The van der Waals surface area contributed by atoms with Crippen molar-refractivity contribution in [2.45, 2.75) is 6.92 Å². The highest BCUT2D eigenvalue weighted by Gasteiger charge is 2.12. The van der Waals surface area contributed by atoms with Gasteiger partial charge in [0.1, 0.15) is 11.3 Å². The van der Waals surface area contributed by atoms with Crippen molar-refractivity contribution in [1.82, 2.24) is 0 Å². The maximum atomic E-state index is 11.0. The maximum Gasteiger partial charge on any atom is 0.339 e. The maximum absolute atomic E-state index is 11.0. The molecule has 0 radical (unpaired) electrons. The molecular weight excluding hydrogens is 264 g/mol. The lowest BCUT2D eigenvalue weighted by Crippen LogP contribution is -2.00. The van der Waals surface area contributed by atoms with E-state index in [1.54, 1.807) is 12.1 Å². The van der Waals surface area contributed by atoms with E-state index in [2.05, 4.69) is 0 Å². The molecular formula is C15H13ClO3. The van der Waals surface area contributed by atoms with Gasteiger partial charge >= 0.3 is 5.97 Å². The first-order chi connectivity index (χ1) is 9.01. The summed E-state index contributed by atoms with van der Waals surface area (Å²) in [6.07, 6.45) is 0. The van der Waals surface area contributed by atoms with Gasteiger partial charge in [0, 0.05) is 5.02 Å². The van der Waals surface area contributed by atoms with E-state index >= 15 is 0 Å². The Hall–Kier alpha value is -2.00. The lowest BCUT2D eigenvalue weighted by Gasteiger charge is -2.09. The lowest BCUT2D eigenvalue weighted by molar-refractivity contribution is 0.0693. The molecule has 1 N–H and O–H groups in total. The van der Waals surface area contributed by atoms with Gasteiger partial charge in [0.25, 0.3) is 0 Å². The van der Waals surface area contributed by atoms with Crippen molar-refractivity contribution in [3.8, 4) is 16.9 Å². The molecule has 98 valence electrons. The molecule has 0 saturated carbocycles. The smallest absolute Gasteiger partial charge is 0.339 e. The number of carboxylic acids is 1. The van der Waals surface area contributed by atoms with Gasteiger partial charge in [-0.05, 0) is 47.9 Å². The average molecular weight is 277 g/mol. The van der Waals surface area contributed by atoms with Crippen molar-refractivity contribution in [2.75, 3.05) is 7.11 Å². The van der Waals surface area contributed by atoms with Crippen molar-refractivity contribution < 1.29 is 14.6 Å². The van der Waals surface area contributed by atoms with Gasteiger partial charge in [-0.1, -0.05) is 23.7 Å². The van der Waals surface area contributed by atoms with Crippen LogP contribution < -0.4 is 4.74 Å². The topological polar surface area (TPSA) is 46.5 Å². The number of aryl methyl sites for hydroxylation is 1. The number of carbonyl (C=O) groups is 1. The molecule has 0 unspecified atom stereocenters. The van der Waals surface area contributed by atoms with E-state index < -0.39 is 5.97 Å². The predicted octanol–water partition coefficient (Wildman–Crippen LogP) is 4.02. The molecule has 0 fully saturated rings. The molecule has 0 saturated heterocycles. The predicted molar refractivity (Wildman–Crippen MR) is 75.1 cm³/mol. The molecule has 2 rings (SSSR count). The number of benzene rings is 2. The SMILES string of the molecule is COc1cc(-c2cc(C)cc(Cl)c2)ccc1C(=O)O. The van der Waals surface area contributed by atoms with Gasteiger partial charge < -0.3 is 9.84 Å². The summed E-state index contributed by atoms with van der Waals surface area (Å²) in [5.74, 6) is -0.673. The van der Waals surface area contributed by atoms with Gasteiger partial charge in [-0.15, -0.1) is 0 Å². The van der Waals surface area contributed by atoms with Crippen LogP contribution in [0.4, 0.5) is 0 Å². The minimum atomic E-state index is -1.01. The Labute approximate surface area is 116 Å². The highest BCUT2D eigenvalue weighted by atomic mass is 35.5. The zero-order valence-electron chi connectivity index (χ0n) is 10.6. The second-order valence-corrected chi connectivity index (χ2v) is 4.67. The first kappa shape index (κ1) is 13.4. The Morgan fingerprint density at radius 3 is 2.47 bits per heavy atom. The molecule has 2 aromatic rings. The van der Waals surface area contributed by atoms with Crippen LogP contribution in [0.2, 0.25) is 5.02 Å². The zero-order chi connectivity index (χ0) is 14.0. The van der Waals surface area contributed by atoms with Gasteiger partial charge in [0.15, 0.2) is 0 Å². The number of rotatable bonds is 3. The molecule has 0 heterocycles. The molecule has 2 aromatic carbocycles. The summed E-state index contributed by atoms with van der Waals surface area (Å²) < 4.78 is 5.12. The van der Waals surface area contributed by atoms with Crippen LogP contribution in [0.1, 0.15) is 15.9 Å². The quantitative estimate of drug-likeness (QED) is 0.921. The van der Waals surface area contributed by atoms with Gasteiger partial charge in [-0.2, -0.15) is 0 Å². The Bertz CT molecular complexity index is 615. The third kappa shape index (κ3) is 2.88. The molecule has 19 heavy (non-hydrogen) atoms. The largest absolute Gasteiger partial charge is 0.496 e.